The summed E-state index contributed by atoms with van der Waals surface area (Å²) >= 11 is 7.01. The lowest BCUT2D eigenvalue weighted by Crippen LogP contribution is -2.46. The summed E-state index contributed by atoms with van der Waals surface area (Å²) in [4.78, 5) is 107. The van der Waals surface area contributed by atoms with Crippen molar-refractivity contribution in [1.82, 2.24) is 30.2 Å². The van der Waals surface area contributed by atoms with E-state index in [1.807, 2.05) is 0 Å². The number of nitrogens with one attached hydrogen (secondary N) is 3. The van der Waals surface area contributed by atoms with E-state index in [1.165, 1.54) is 13.8 Å². The third-order valence-electron chi connectivity index (χ3n) is 10.0. The number of aliphatic hydroxyl groups excluding tert-OH is 2. The van der Waals surface area contributed by atoms with Crippen molar-refractivity contribution in [1.29, 1.82) is 0 Å². The van der Waals surface area contributed by atoms with Crippen LogP contribution in [-0.4, -0.2) is 140 Å². The van der Waals surface area contributed by atoms with Crippen molar-refractivity contribution in [3.63, 3.8) is 0 Å². The summed E-state index contributed by atoms with van der Waals surface area (Å²) < 4.78 is 62.5. The van der Waals surface area contributed by atoms with Crippen LogP contribution in [0.3, 0.4) is 0 Å². The maximum Gasteiger partial charge on any atom is 0.481 e. The van der Waals surface area contributed by atoms with E-state index < -0.39 is 102 Å². The van der Waals surface area contributed by atoms with Crippen molar-refractivity contribution in [2.24, 2.45) is 10.4 Å². The van der Waals surface area contributed by atoms with Gasteiger partial charge in [-0.3, -0.25) is 42.3 Å². The fraction of sp³-hybridized carbons (Fsp3) is 0.405. The van der Waals surface area contributed by atoms with E-state index in [0.29, 0.717) is 27.5 Å². The number of thioether (sulfide) groups is 1. The first-order valence-corrected chi connectivity index (χ1v) is 26.0. The third kappa shape index (κ3) is 14.1. The van der Waals surface area contributed by atoms with Crippen LogP contribution in [0, 0.1) is 5.41 Å². The number of amides is 3. The number of hydrogen-bond acceptors (Lipinski definition) is 20. The number of carbonyl (C=O) groups excluding carboxylic acids is 4. The van der Waals surface area contributed by atoms with Gasteiger partial charge in [-0.15, -0.1) is 0 Å². The van der Waals surface area contributed by atoms with E-state index in [4.69, 9.17) is 31.1 Å². The van der Waals surface area contributed by atoms with Crippen molar-refractivity contribution in [3.05, 3.63) is 77.3 Å². The van der Waals surface area contributed by atoms with Crippen molar-refractivity contribution in [3.8, 4) is 0 Å². The maximum absolute atomic E-state index is 13.2. The van der Waals surface area contributed by atoms with Crippen LogP contribution in [0.15, 0.2) is 66.2 Å². The number of aliphatic imine (C=N–C) groups is 1. The van der Waals surface area contributed by atoms with Crippen molar-refractivity contribution >= 4 is 98.0 Å². The van der Waals surface area contributed by atoms with Crippen LogP contribution in [0.1, 0.15) is 37.6 Å². The molecule has 4 heterocycles. The molecule has 8 atom stereocenters. The zero-order chi connectivity index (χ0) is 50.5. The first kappa shape index (κ1) is 53.8. The Morgan fingerprint density at radius 2 is 1.72 bits per heavy atom. The van der Waals surface area contributed by atoms with Crippen LogP contribution in [0.25, 0.3) is 11.2 Å². The summed E-state index contributed by atoms with van der Waals surface area (Å²) in [5.41, 5.74) is 6.18. The van der Waals surface area contributed by atoms with E-state index in [9.17, 15) is 62.7 Å². The second-order valence-corrected chi connectivity index (χ2v) is 21.4. The van der Waals surface area contributed by atoms with Gasteiger partial charge in [0.2, 0.25) is 16.9 Å². The van der Waals surface area contributed by atoms with Gasteiger partial charge in [0.15, 0.2) is 23.7 Å². The predicted molar refractivity (Wildman–Crippen MR) is 243 cm³/mol. The monoisotopic (exact) mass is 1060 g/mol. The Bertz CT molecular complexity index is 2750. The SMILES string of the molecule is CC(C)(COP(=O)(O)OP(=O)(O)OCC1OC(n2cnc3c(N)ncnc32)C(O)C1OP(=O)(O)O)C(O)C(=O)NCCC(=O)NCCSC(=O)C1N=C(c2ccccc2)c2cc(Cl)ccc2NC1=O. The van der Waals surface area contributed by atoms with Gasteiger partial charge in [-0.1, -0.05) is 67.5 Å². The largest absolute Gasteiger partial charge is 0.481 e. The highest BCUT2D eigenvalue weighted by atomic mass is 35.5. The number of halogens is 1. The summed E-state index contributed by atoms with van der Waals surface area (Å²) in [6.07, 6.45) is -7.20. The van der Waals surface area contributed by atoms with Gasteiger partial charge in [-0.25, -0.2) is 28.6 Å². The molecule has 32 heteroatoms. The first-order chi connectivity index (χ1) is 32.3. The van der Waals surface area contributed by atoms with E-state index in [0.717, 1.165) is 29.0 Å². The van der Waals surface area contributed by atoms with Gasteiger partial charge < -0.3 is 56.2 Å². The maximum atomic E-state index is 13.2. The Hall–Kier alpha value is -4.57. The summed E-state index contributed by atoms with van der Waals surface area (Å²) in [5, 5.41) is 29.1. The van der Waals surface area contributed by atoms with Crippen molar-refractivity contribution in [2.75, 3.05) is 43.1 Å². The van der Waals surface area contributed by atoms with Crippen LogP contribution in [0.4, 0.5) is 11.5 Å². The highest BCUT2D eigenvalue weighted by molar-refractivity contribution is 8.13. The lowest BCUT2D eigenvalue weighted by molar-refractivity contribution is -0.137. The van der Waals surface area contributed by atoms with Crippen LogP contribution in [-0.2, 0) is 55.5 Å². The molecule has 1 saturated heterocycles. The molecule has 8 unspecified atom stereocenters. The first-order valence-electron chi connectivity index (χ1n) is 20.1. The molecule has 0 bridgehead atoms. The molecule has 0 radical (unpaired) electrons. The fourth-order valence-electron chi connectivity index (χ4n) is 6.63. The van der Waals surface area contributed by atoms with Gasteiger partial charge in [-0.2, -0.15) is 4.31 Å². The third-order valence-corrected chi connectivity index (χ3v) is 14.3. The highest BCUT2D eigenvalue weighted by Crippen LogP contribution is 2.61. The number of hydrogen-bond donors (Lipinski definition) is 10. The number of anilines is 2. The number of aliphatic hydroxyl groups is 2. The number of nitrogens with two attached hydrogens (primary N) is 1. The van der Waals surface area contributed by atoms with Gasteiger partial charge in [0, 0.05) is 46.8 Å². The van der Waals surface area contributed by atoms with Crippen LogP contribution in [0.5, 0.6) is 0 Å². The number of fused-ring (bicyclic) bond motifs is 2. The number of imidazole rings is 1. The molecule has 0 saturated carbocycles. The summed E-state index contributed by atoms with van der Waals surface area (Å²) in [6, 6.07) is 12.4. The van der Waals surface area contributed by atoms with Crippen LogP contribution >= 0.6 is 46.8 Å². The minimum atomic E-state index is -5.62. The molecule has 27 nitrogen and oxygen atoms in total. The van der Waals surface area contributed by atoms with Crippen LogP contribution < -0.4 is 21.7 Å². The molecule has 2 aliphatic heterocycles. The van der Waals surface area contributed by atoms with Crippen molar-refractivity contribution in [2.45, 2.75) is 57.0 Å². The van der Waals surface area contributed by atoms with E-state index in [-0.39, 0.29) is 42.2 Å². The average Bonchev–Trinajstić information content (AvgIpc) is 3.79. The fourth-order valence-corrected chi connectivity index (χ4v) is 10.4. The number of phosphoric acid groups is 3. The molecule has 11 N–H and O–H groups in total. The molecule has 4 aromatic rings. The zero-order valence-corrected chi connectivity index (χ0v) is 40.3. The van der Waals surface area contributed by atoms with E-state index >= 15 is 0 Å². The molecular formula is C37H45ClN9O18P3S. The Labute approximate surface area is 400 Å². The molecule has 2 aromatic heterocycles. The number of benzene rings is 2. The molecule has 0 aliphatic carbocycles. The minimum absolute atomic E-state index is 0.00937. The Balaban J connectivity index is 0.929. The van der Waals surface area contributed by atoms with E-state index in [1.54, 1.807) is 48.5 Å². The number of carbonyl (C=O) groups is 4. The molecule has 0 spiro atoms. The second-order valence-electron chi connectivity index (χ2n) is 15.7. The molecule has 2 aliphatic rings. The summed E-state index contributed by atoms with van der Waals surface area (Å²) in [5.74, 6) is -2.23. The zero-order valence-electron chi connectivity index (χ0n) is 36.0. The number of ether oxygens (including phenoxy) is 1. The molecule has 374 valence electrons. The average molecular weight is 1060 g/mol. The van der Waals surface area contributed by atoms with Crippen LogP contribution in [0.2, 0.25) is 5.02 Å². The van der Waals surface area contributed by atoms with E-state index in [2.05, 4.69) is 44.7 Å². The Kier molecular flexibility index (Phi) is 17.3. The lowest BCUT2D eigenvalue weighted by Gasteiger charge is -2.30. The Morgan fingerprint density at radius 3 is 2.43 bits per heavy atom. The number of nitrogens with zero attached hydrogens (tertiary/aromatic N) is 5. The van der Waals surface area contributed by atoms with Gasteiger partial charge in [0.25, 0.3) is 5.91 Å². The normalized spacial score (nSPS) is 21.8. The summed E-state index contributed by atoms with van der Waals surface area (Å²) in [7, 11) is -16.5. The van der Waals surface area contributed by atoms with Gasteiger partial charge in [0.1, 0.15) is 36.3 Å². The molecule has 1 fully saturated rings. The van der Waals surface area contributed by atoms with Gasteiger partial charge in [0.05, 0.1) is 30.9 Å². The second kappa shape index (κ2) is 22.2. The number of nitrogen functional groups attached to an aromatic ring is 1. The van der Waals surface area contributed by atoms with Gasteiger partial charge in [-0.05, 0) is 18.2 Å². The number of benzodiazepines with no additional fused rings is 1. The summed E-state index contributed by atoms with van der Waals surface area (Å²) in [6.45, 7) is 0.0671. The predicted octanol–water partition coefficient (Wildman–Crippen LogP) is 1.18. The molecule has 2 aromatic carbocycles. The quantitative estimate of drug-likeness (QED) is 0.0318. The molecule has 3 amide bonds. The molecule has 69 heavy (non-hydrogen) atoms. The number of rotatable bonds is 21. The standard InChI is InChI=1S/C37H45ClN9O18P3S/c1-37(2,16-62-68(59,60)65-67(57,58)61-15-23-29(64-66(54,55)56)28(49)35(63-23)47-18-44-26-31(39)42-17-43-32(26)47)30(50)34(52)41-11-10-24(48)40-12-13-69-36(53)27-33(51)45-22-9-8-20(38)14-21(22)25(46-27)19-6-4-3-5-7-19/h3-9,14,17-18,23,27-30,35,49-50H,10-13,15-16H2,1-2H3,(H,40,48)(H,41,52)(H,45,51)(H,57,58)(H,59,60)(H2,39,42,43)(H2,54,55,56). The van der Waals surface area contributed by atoms with Gasteiger partial charge >= 0.3 is 23.5 Å². The number of aromatic nitrogens is 4. The smallest absolute Gasteiger partial charge is 0.386 e. The Morgan fingerprint density at radius 1 is 1.01 bits per heavy atom. The number of phosphoric ester groups is 3. The molecule has 6 rings (SSSR count). The topological polar surface area (TPSA) is 405 Å². The molecular weight excluding hydrogens is 1020 g/mol. The van der Waals surface area contributed by atoms with Crippen molar-refractivity contribution < 1.29 is 85.3 Å². The minimum Gasteiger partial charge on any atom is -0.386 e. The lowest BCUT2D eigenvalue weighted by atomic mass is 9.87. The highest BCUT2D eigenvalue weighted by Gasteiger charge is 2.50.